The molecule has 6 nitrogen and oxygen atoms in total. The molecule has 1 aromatic carbocycles. The number of aryl methyl sites for hydroxylation is 2. The molecule has 28 heavy (non-hydrogen) atoms. The third kappa shape index (κ3) is 3.22. The van der Waals surface area contributed by atoms with Gasteiger partial charge in [0.25, 0.3) is 5.91 Å². The SMILES string of the molecule is CCOC(=O)C1CCc2cc3c(N)c(C(=O)Nc4cccc(C)c4)sc3nc21. The van der Waals surface area contributed by atoms with Crippen molar-refractivity contribution in [3.8, 4) is 0 Å². The zero-order valence-electron chi connectivity index (χ0n) is 15.7. The van der Waals surface area contributed by atoms with Crippen molar-refractivity contribution in [3.05, 3.63) is 52.0 Å². The number of aromatic nitrogens is 1. The highest BCUT2D eigenvalue weighted by atomic mass is 32.1. The second-order valence-electron chi connectivity index (χ2n) is 6.90. The first-order chi connectivity index (χ1) is 13.5. The monoisotopic (exact) mass is 395 g/mol. The molecule has 1 amide bonds. The van der Waals surface area contributed by atoms with Gasteiger partial charge in [-0.1, -0.05) is 12.1 Å². The van der Waals surface area contributed by atoms with E-state index in [4.69, 9.17) is 10.5 Å². The maximum atomic E-state index is 12.7. The number of carbonyl (C=O) groups excluding carboxylic acids is 2. The number of ether oxygens (including phenoxy) is 1. The maximum absolute atomic E-state index is 12.7. The molecule has 1 unspecified atom stereocenters. The van der Waals surface area contributed by atoms with Crippen LogP contribution in [0.15, 0.2) is 30.3 Å². The van der Waals surface area contributed by atoms with Crippen LogP contribution in [0.1, 0.15) is 45.8 Å². The van der Waals surface area contributed by atoms with Crippen LogP contribution in [0.2, 0.25) is 0 Å². The van der Waals surface area contributed by atoms with Gasteiger partial charge >= 0.3 is 5.97 Å². The van der Waals surface area contributed by atoms with Crippen molar-refractivity contribution in [1.82, 2.24) is 4.98 Å². The highest BCUT2D eigenvalue weighted by Gasteiger charge is 2.32. The van der Waals surface area contributed by atoms with Gasteiger partial charge in [0, 0.05) is 11.1 Å². The summed E-state index contributed by atoms with van der Waals surface area (Å²) in [5, 5.41) is 3.66. The van der Waals surface area contributed by atoms with Crippen LogP contribution in [0, 0.1) is 6.92 Å². The molecular weight excluding hydrogens is 374 g/mol. The third-order valence-electron chi connectivity index (χ3n) is 4.92. The van der Waals surface area contributed by atoms with E-state index in [1.165, 1.54) is 11.3 Å². The number of nitrogens with one attached hydrogen (secondary N) is 1. The Balaban J connectivity index is 1.67. The molecule has 2 aromatic heterocycles. The number of nitrogens with two attached hydrogens (primary N) is 1. The number of amides is 1. The zero-order chi connectivity index (χ0) is 19.8. The van der Waals surface area contributed by atoms with Crippen molar-refractivity contribution in [3.63, 3.8) is 0 Å². The summed E-state index contributed by atoms with van der Waals surface area (Å²) in [6, 6.07) is 9.56. The summed E-state index contributed by atoms with van der Waals surface area (Å²) in [6.45, 7) is 4.11. The van der Waals surface area contributed by atoms with Crippen LogP contribution in [-0.2, 0) is 16.0 Å². The highest BCUT2D eigenvalue weighted by molar-refractivity contribution is 7.21. The number of fused-ring (bicyclic) bond motifs is 2. The Morgan fingerprint density at radius 2 is 2.18 bits per heavy atom. The number of esters is 1. The van der Waals surface area contributed by atoms with Gasteiger partial charge in [-0.3, -0.25) is 9.59 Å². The lowest BCUT2D eigenvalue weighted by molar-refractivity contribution is -0.145. The van der Waals surface area contributed by atoms with Gasteiger partial charge in [-0.2, -0.15) is 0 Å². The quantitative estimate of drug-likeness (QED) is 0.651. The fourth-order valence-corrected chi connectivity index (χ4v) is 4.57. The molecule has 2 heterocycles. The standard InChI is InChI=1S/C21H21N3O3S/c1-3-27-21(26)14-8-7-12-10-15-16(22)18(28-20(15)24-17(12)14)19(25)23-13-6-4-5-11(2)9-13/h4-6,9-10,14H,3,7-8,22H2,1-2H3,(H,23,25). The average Bonchev–Trinajstić information content (AvgIpc) is 3.21. The number of anilines is 2. The Morgan fingerprint density at radius 3 is 2.93 bits per heavy atom. The minimum atomic E-state index is -0.341. The van der Waals surface area contributed by atoms with E-state index in [-0.39, 0.29) is 17.8 Å². The molecule has 0 spiro atoms. The fraction of sp³-hybridized carbons (Fsp3) is 0.286. The van der Waals surface area contributed by atoms with Gasteiger partial charge in [-0.25, -0.2) is 4.98 Å². The van der Waals surface area contributed by atoms with Crippen LogP contribution >= 0.6 is 11.3 Å². The summed E-state index contributed by atoms with van der Waals surface area (Å²) < 4.78 is 5.17. The van der Waals surface area contributed by atoms with Gasteiger partial charge < -0.3 is 15.8 Å². The van der Waals surface area contributed by atoms with Gasteiger partial charge in [0.1, 0.15) is 9.71 Å². The van der Waals surface area contributed by atoms with E-state index in [1.807, 2.05) is 37.3 Å². The summed E-state index contributed by atoms with van der Waals surface area (Å²) in [5.74, 6) is -0.838. The van der Waals surface area contributed by atoms with Crippen molar-refractivity contribution in [2.24, 2.45) is 0 Å². The van der Waals surface area contributed by atoms with Crippen LogP contribution < -0.4 is 11.1 Å². The van der Waals surface area contributed by atoms with E-state index >= 15 is 0 Å². The minimum absolute atomic E-state index is 0.241. The van der Waals surface area contributed by atoms with E-state index < -0.39 is 0 Å². The van der Waals surface area contributed by atoms with Gasteiger partial charge in [-0.05, 0) is 56.0 Å². The van der Waals surface area contributed by atoms with Gasteiger partial charge in [0.15, 0.2) is 0 Å². The molecule has 0 fully saturated rings. The first-order valence-corrected chi connectivity index (χ1v) is 10.1. The summed E-state index contributed by atoms with van der Waals surface area (Å²) in [7, 11) is 0. The Labute approximate surface area is 166 Å². The molecule has 7 heteroatoms. The number of carbonyl (C=O) groups is 2. The van der Waals surface area contributed by atoms with Crippen molar-refractivity contribution in [1.29, 1.82) is 0 Å². The van der Waals surface area contributed by atoms with Gasteiger partial charge in [0.2, 0.25) is 0 Å². The number of thiophene rings is 1. The summed E-state index contributed by atoms with van der Waals surface area (Å²) in [6.07, 6.45) is 1.45. The normalized spacial score (nSPS) is 15.4. The Morgan fingerprint density at radius 1 is 1.36 bits per heavy atom. The molecule has 4 rings (SSSR count). The molecule has 0 saturated carbocycles. The molecule has 3 N–H and O–H groups in total. The Kier molecular flexibility index (Phi) is 4.77. The molecule has 0 radical (unpaired) electrons. The van der Waals surface area contributed by atoms with E-state index in [0.29, 0.717) is 28.4 Å². The van der Waals surface area contributed by atoms with Crippen LogP contribution in [0.3, 0.4) is 0 Å². The van der Waals surface area contributed by atoms with Crippen LogP contribution in [-0.4, -0.2) is 23.5 Å². The van der Waals surface area contributed by atoms with E-state index in [9.17, 15) is 9.59 Å². The largest absolute Gasteiger partial charge is 0.465 e. The zero-order valence-corrected chi connectivity index (χ0v) is 16.6. The second kappa shape index (κ2) is 7.24. The van der Waals surface area contributed by atoms with Gasteiger partial charge in [-0.15, -0.1) is 11.3 Å². The molecule has 0 aliphatic heterocycles. The molecular formula is C21H21N3O3S. The average molecular weight is 395 g/mol. The lowest BCUT2D eigenvalue weighted by Gasteiger charge is -2.09. The van der Waals surface area contributed by atoms with E-state index in [1.54, 1.807) is 6.92 Å². The number of hydrogen-bond donors (Lipinski definition) is 2. The number of hydrogen-bond acceptors (Lipinski definition) is 6. The third-order valence-corrected chi connectivity index (χ3v) is 6.03. The molecule has 1 aliphatic carbocycles. The predicted molar refractivity (Wildman–Crippen MR) is 111 cm³/mol. The number of nitrogens with zero attached hydrogens (tertiary/aromatic N) is 1. The topological polar surface area (TPSA) is 94.3 Å². The smallest absolute Gasteiger partial charge is 0.315 e. The van der Waals surface area contributed by atoms with Crippen molar-refractivity contribution < 1.29 is 14.3 Å². The Bertz CT molecular complexity index is 1090. The van der Waals surface area contributed by atoms with E-state index in [2.05, 4.69) is 10.3 Å². The number of nitrogen functional groups attached to an aromatic ring is 1. The van der Waals surface area contributed by atoms with Crippen LogP contribution in [0.4, 0.5) is 11.4 Å². The van der Waals surface area contributed by atoms with Crippen molar-refractivity contribution in [2.45, 2.75) is 32.6 Å². The minimum Gasteiger partial charge on any atom is -0.465 e. The van der Waals surface area contributed by atoms with Gasteiger partial charge in [0.05, 0.1) is 23.9 Å². The maximum Gasteiger partial charge on any atom is 0.315 e. The molecule has 1 atom stereocenters. The van der Waals surface area contributed by atoms with Crippen LogP contribution in [0.5, 0.6) is 0 Å². The lowest BCUT2D eigenvalue weighted by Crippen LogP contribution is -2.14. The first kappa shape index (κ1) is 18.4. The van der Waals surface area contributed by atoms with E-state index in [0.717, 1.165) is 34.3 Å². The number of benzene rings is 1. The van der Waals surface area contributed by atoms with Crippen LogP contribution in [0.25, 0.3) is 10.2 Å². The fourth-order valence-electron chi connectivity index (χ4n) is 3.59. The number of rotatable bonds is 4. The Hall–Kier alpha value is -2.93. The number of pyridine rings is 1. The predicted octanol–water partition coefficient (Wildman–Crippen LogP) is 4.03. The second-order valence-corrected chi connectivity index (χ2v) is 7.90. The summed E-state index contributed by atoms with van der Waals surface area (Å²) >= 11 is 1.25. The molecule has 3 aromatic rings. The molecule has 1 aliphatic rings. The van der Waals surface area contributed by atoms with Crippen molar-refractivity contribution in [2.75, 3.05) is 17.7 Å². The summed E-state index contributed by atoms with van der Waals surface area (Å²) in [5.41, 5.74) is 10.2. The van der Waals surface area contributed by atoms with Crippen molar-refractivity contribution >= 4 is 44.8 Å². The molecule has 0 bridgehead atoms. The molecule has 144 valence electrons. The highest BCUT2D eigenvalue weighted by Crippen LogP contribution is 2.40. The summed E-state index contributed by atoms with van der Waals surface area (Å²) in [4.78, 5) is 30.7. The lowest BCUT2D eigenvalue weighted by atomic mass is 10.1. The first-order valence-electron chi connectivity index (χ1n) is 9.24. The molecule has 0 saturated heterocycles.